The molecule has 124 valence electrons. The van der Waals surface area contributed by atoms with Gasteiger partial charge in [0.05, 0.1) is 6.04 Å². The number of aliphatic carboxylic acids is 1. The first-order valence-electron chi connectivity index (χ1n) is 8.25. The first-order chi connectivity index (χ1) is 11.6. The van der Waals surface area contributed by atoms with Crippen molar-refractivity contribution in [2.24, 2.45) is 0 Å². The van der Waals surface area contributed by atoms with Gasteiger partial charge in [-0.05, 0) is 30.5 Å². The standard InChI is InChI=1S/C20H21NO3/c1-3-17-18(20(23)24)15-11-7-8-12-16(15)19(22)21(17)13(2)14-9-5-4-6-10-14/h4-13,17-18H,3H2,1-2H3,(H,23,24). The van der Waals surface area contributed by atoms with Gasteiger partial charge in [0.15, 0.2) is 0 Å². The molecule has 1 aliphatic heterocycles. The quantitative estimate of drug-likeness (QED) is 0.930. The Balaban J connectivity index is 2.12. The lowest BCUT2D eigenvalue weighted by Gasteiger charge is -2.43. The molecule has 0 spiro atoms. The van der Waals surface area contributed by atoms with Gasteiger partial charge in [-0.15, -0.1) is 0 Å². The van der Waals surface area contributed by atoms with Gasteiger partial charge >= 0.3 is 5.97 Å². The summed E-state index contributed by atoms with van der Waals surface area (Å²) >= 11 is 0. The summed E-state index contributed by atoms with van der Waals surface area (Å²) in [6.07, 6.45) is 0.591. The fourth-order valence-corrected chi connectivity index (χ4v) is 3.71. The molecule has 4 nitrogen and oxygen atoms in total. The molecule has 0 aliphatic carbocycles. The van der Waals surface area contributed by atoms with Crippen LogP contribution in [-0.2, 0) is 4.79 Å². The van der Waals surface area contributed by atoms with Crippen LogP contribution in [0.25, 0.3) is 0 Å². The largest absolute Gasteiger partial charge is 0.481 e. The third-order valence-corrected chi connectivity index (χ3v) is 4.89. The molecule has 1 aliphatic rings. The molecular weight excluding hydrogens is 302 g/mol. The second kappa shape index (κ2) is 6.48. The van der Waals surface area contributed by atoms with Crippen LogP contribution in [0.15, 0.2) is 54.6 Å². The molecule has 3 atom stereocenters. The van der Waals surface area contributed by atoms with Crippen LogP contribution in [0.3, 0.4) is 0 Å². The van der Waals surface area contributed by atoms with Crippen molar-refractivity contribution in [1.82, 2.24) is 4.90 Å². The van der Waals surface area contributed by atoms with Crippen molar-refractivity contribution >= 4 is 11.9 Å². The van der Waals surface area contributed by atoms with E-state index in [1.807, 2.05) is 44.2 Å². The van der Waals surface area contributed by atoms with Crippen LogP contribution < -0.4 is 0 Å². The van der Waals surface area contributed by atoms with Gasteiger partial charge in [0.1, 0.15) is 5.92 Å². The highest BCUT2D eigenvalue weighted by molar-refractivity contribution is 6.00. The molecule has 2 aromatic carbocycles. The molecule has 0 fully saturated rings. The topological polar surface area (TPSA) is 57.6 Å². The number of benzene rings is 2. The highest BCUT2D eigenvalue weighted by atomic mass is 16.4. The van der Waals surface area contributed by atoms with E-state index in [0.29, 0.717) is 17.5 Å². The van der Waals surface area contributed by atoms with Crippen LogP contribution in [0.1, 0.15) is 53.7 Å². The third kappa shape index (κ3) is 2.58. The zero-order valence-corrected chi connectivity index (χ0v) is 13.8. The molecule has 1 N–H and O–H groups in total. The van der Waals surface area contributed by atoms with Crippen LogP contribution in [-0.4, -0.2) is 27.9 Å². The van der Waals surface area contributed by atoms with Crippen molar-refractivity contribution in [3.05, 3.63) is 71.3 Å². The Hall–Kier alpha value is -2.62. The number of amides is 1. The smallest absolute Gasteiger partial charge is 0.313 e. The van der Waals surface area contributed by atoms with Crippen LogP contribution in [0, 0.1) is 0 Å². The second-order valence-electron chi connectivity index (χ2n) is 6.18. The average molecular weight is 323 g/mol. The van der Waals surface area contributed by atoms with Gasteiger partial charge in [-0.25, -0.2) is 0 Å². The molecule has 4 heteroatoms. The fraction of sp³-hybridized carbons (Fsp3) is 0.300. The van der Waals surface area contributed by atoms with Crippen molar-refractivity contribution in [1.29, 1.82) is 0 Å². The highest BCUT2D eigenvalue weighted by Crippen LogP contribution is 2.39. The Labute approximate surface area is 141 Å². The van der Waals surface area contributed by atoms with Gasteiger partial charge in [0.2, 0.25) is 0 Å². The normalized spacial score (nSPS) is 21.2. The van der Waals surface area contributed by atoms with Gasteiger partial charge < -0.3 is 10.0 Å². The number of carboxylic acids is 1. The third-order valence-electron chi connectivity index (χ3n) is 4.89. The zero-order chi connectivity index (χ0) is 17.3. The molecular formula is C20H21NO3. The van der Waals surface area contributed by atoms with Gasteiger partial charge in [-0.3, -0.25) is 9.59 Å². The van der Waals surface area contributed by atoms with E-state index in [1.165, 1.54) is 0 Å². The number of carbonyl (C=O) groups is 2. The Kier molecular flexibility index (Phi) is 4.38. The summed E-state index contributed by atoms with van der Waals surface area (Å²) in [5.41, 5.74) is 2.13. The van der Waals surface area contributed by atoms with Crippen LogP contribution in [0.5, 0.6) is 0 Å². The van der Waals surface area contributed by atoms with Crippen molar-refractivity contribution in [3.63, 3.8) is 0 Å². The van der Waals surface area contributed by atoms with Crippen molar-refractivity contribution in [2.75, 3.05) is 0 Å². The predicted octanol–water partition coefficient (Wildman–Crippen LogP) is 3.85. The van der Waals surface area contributed by atoms with Crippen LogP contribution in [0.4, 0.5) is 0 Å². The highest BCUT2D eigenvalue weighted by Gasteiger charge is 2.44. The van der Waals surface area contributed by atoms with E-state index in [0.717, 1.165) is 5.56 Å². The minimum Gasteiger partial charge on any atom is -0.481 e. The maximum Gasteiger partial charge on any atom is 0.313 e. The summed E-state index contributed by atoms with van der Waals surface area (Å²) in [5.74, 6) is -1.67. The number of hydrogen-bond donors (Lipinski definition) is 1. The summed E-state index contributed by atoms with van der Waals surface area (Å²) in [7, 11) is 0. The molecule has 0 aromatic heterocycles. The van der Waals surface area contributed by atoms with Gasteiger partial charge in [-0.2, -0.15) is 0 Å². The maximum absolute atomic E-state index is 13.1. The second-order valence-corrected chi connectivity index (χ2v) is 6.18. The van der Waals surface area contributed by atoms with Crippen LogP contribution in [0.2, 0.25) is 0 Å². The Bertz CT molecular complexity index is 756. The summed E-state index contributed by atoms with van der Waals surface area (Å²) in [4.78, 5) is 26.8. The monoisotopic (exact) mass is 323 g/mol. The van der Waals surface area contributed by atoms with E-state index in [9.17, 15) is 14.7 Å². The van der Waals surface area contributed by atoms with E-state index < -0.39 is 11.9 Å². The molecule has 1 amide bonds. The lowest BCUT2D eigenvalue weighted by molar-refractivity contribution is -0.140. The summed E-state index contributed by atoms with van der Waals surface area (Å²) in [5, 5.41) is 9.80. The number of hydrogen-bond acceptors (Lipinski definition) is 2. The molecule has 2 aromatic rings. The lowest BCUT2D eigenvalue weighted by Crippen LogP contribution is -2.50. The van der Waals surface area contributed by atoms with E-state index in [-0.39, 0.29) is 18.0 Å². The Morgan fingerprint density at radius 2 is 1.75 bits per heavy atom. The zero-order valence-electron chi connectivity index (χ0n) is 13.8. The Morgan fingerprint density at radius 3 is 2.38 bits per heavy atom. The summed E-state index contributed by atoms with van der Waals surface area (Å²) in [6, 6.07) is 16.3. The molecule has 0 saturated carbocycles. The van der Waals surface area contributed by atoms with Crippen molar-refractivity contribution in [3.8, 4) is 0 Å². The van der Waals surface area contributed by atoms with Gasteiger partial charge in [-0.1, -0.05) is 55.5 Å². The van der Waals surface area contributed by atoms with Crippen molar-refractivity contribution < 1.29 is 14.7 Å². The number of fused-ring (bicyclic) bond motifs is 1. The lowest BCUT2D eigenvalue weighted by atomic mass is 9.80. The SMILES string of the molecule is CCC1C(C(=O)O)c2ccccc2C(=O)N1C(C)c1ccccc1. The fourth-order valence-electron chi connectivity index (χ4n) is 3.71. The molecule has 0 radical (unpaired) electrons. The predicted molar refractivity (Wildman–Crippen MR) is 91.9 cm³/mol. The molecule has 3 unspecified atom stereocenters. The molecule has 0 bridgehead atoms. The molecule has 3 rings (SSSR count). The number of rotatable bonds is 4. The first-order valence-corrected chi connectivity index (χ1v) is 8.25. The van der Waals surface area contributed by atoms with E-state index >= 15 is 0 Å². The van der Waals surface area contributed by atoms with E-state index in [4.69, 9.17) is 0 Å². The maximum atomic E-state index is 13.1. The molecule has 24 heavy (non-hydrogen) atoms. The van der Waals surface area contributed by atoms with Crippen LogP contribution >= 0.6 is 0 Å². The van der Waals surface area contributed by atoms with E-state index in [1.54, 1.807) is 29.2 Å². The number of carboxylic acid groups (broad SMARTS) is 1. The van der Waals surface area contributed by atoms with Gasteiger partial charge in [0, 0.05) is 11.6 Å². The van der Waals surface area contributed by atoms with E-state index in [2.05, 4.69) is 0 Å². The minimum absolute atomic E-state index is 0.0914. The first kappa shape index (κ1) is 16.2. The minimum atomic E-state index is -0.882. The number of carbonyl (C=O) groups excluding carboxylic acids is 1. The molecule has 1 heterocycles. The Morgan fingerprint density at radius 1 is 1.12 bits per heavy atom. The summed E-state index contributed by atoms with van der Waals surface area (Å²) in [6.45, 7) is 3.90. The van der Waals surface area contributed by atoms with Gasteiger partial charge in [0.25, 0.3) is 5.91 Å². The molecule has 0 saturated heterocycles. The summed E-state index contributed by atoms with van der Waals surface area (Å²) < 4.78 is 0. The van der Waals surface area contributed by atoms with Crippen molar-refractivity contribution in [2.45, 2.75) is 38.3 Å². The average Bonchev–Trinajstić information content (AvgIpc) is 2.61. The number of nitrogens with zero attached hydrogens (tertiary/aromatic N) is 1.